The number of benzene rings is 1. The monoisotopic (exact) mass is 397 g/mol. The van der Waals surface area contributed by atoms with Crippen molar-refractivity contribution < 1.29 is 4.79 Å². The number of anilines is 1. The number of piperidine rings is 1. The first-order chi connectivity index (χ1) is 13.7. The van der Waals surface area contributed by atoms with Gasteiger partial charge in [-0.1, -0.05) is 23.5 Å². The van der Waals surface area contributed by atoms with Crippen molar-refractivity contribution in [2.75, 3.05) is 24.5 Å². The number of aryl methyl sites for hydroxylation is 1. The lowest BCUT2D eigenvalue weighted by Gasteiger charge is -2.31. The van der Waals surface area contributed by atoms with E-state index in [-0.39, 0.29) is 17.4 Å². The molecule has 7 nitrogen and oxygen atoms in total. The molecule has 3 aromatic rings. The molecular weight excluding hydrogens is 374 g/mol. The number of fused-ring (bicyclic) bond motifs is 1. The maximum absolute atomic E-state index is 12.6. The van der Waals surface area contributed by atoms with Crippen LogP contribution < -0.4 is 15.8 Å². The first-order valence-electron chi connectivity index (χ1n) is 9.61. The van der Waals surface area contributed by atoms with Crippen LogP contribution in [0.5, 0.6) is 0 Å². The minimum atomic E-state index is -0.118. The van der Waals surface area contributed by atoms with Crippen LogP contribution in [-0.2, 0) is 11.3 Å². The Hall–Kier alpha value is -2.74. The second kappa shape index (κ2) is 8.52. The van der Waals surface area contributed by atoms with Crippen LogP contribution in [0.4, 0.5) is 5.13 Å². The van der Waals surface area contributed by atoms with Crippen LogP contribution in [0.15, 0.2) is 47.4 Å². The van der Waals surface area contributed by atoms with Gasteiger partial charge in [0.1, 0.15) is 0 Å². The Kier molecular flexibility index (Phi) is 5.66. The number of rotatable bonds is 6. The topological polar surface area (TPSA) is 80.1 Å². The van der Waals surface area contributed by atoms with E-state index in [1.807, 2.05) is 18.2 Å². The number of nitrogens with zero attached hydrogens (tertiary/aromatic N) is 4. The maximum Gasteiger partial charge on any atom is 0.266 e. The largest absolute Gasteiger partial charge is 0.356 e. The molecule has 1 aliphatic heterocycles. The molecule has 1 amide bonds. The molecule has 0 aliphatic carbocycles. The second-order valence-electron chi connectivity index (χ2n) is 6.98. The number of hydrogen-bond acceptors (Lipinski definition) is 6. The molecule has 146 valence electrons. The molecule has 0 radical (unpaired) electrons. The predicted molar refractivity (Wildman–Crippen MR) is 111 cm³/mol. The first-order valence-corrected chi connectivity index (χ1v) is 10.4. The van der Waals surface area contributed by atoms with Crippen LogP contribution >= 0.6 is 11.3 Å². The number of carbonyl (C=O) groups excluding carboxylic acids is 1. The maximum atomic E-state index is 12.6. The molecule has 1 aliphatic rings. The molecule has 0 saturated carbocycles. The molecule has 1 fully saturated rings. The van der Waals surface area contributed by atoms with Crippen molar-refractivity contribution in [3.8, 4) is 0 Å². The van der Waals surface area contributed by atoms with Crippen LogP contribution in [0.2, 0.25) is 0 Å². The summed E-state index contributed by atoms with van der Waals surface area (Å²) in [5.74, 6) is 0.0533. The Morgan fingerprint density at radius 1 is 1.25 bits per heavy atom. The molecule has 1 unspecified atom stereocenters. The van der Waals surface area contributed by atoms with Gasteiger partial charge in [0.25, 0.3) is 5.56 Å². The SMILES string of the molecule is O=C(NCCCn1ncccc1=O)C1CCCN(c2nc3ccccc3s2)C1. The smallest absolute Gasteiger partial charge is 0.266 e. The van der Waals surface area contributed by atoms with Gasteiger partial charge in [0.15, 0.2) is 5.13 Å². The molecule has 0 spiro atoms. The zero-order valence-electron chi connectivity index (χ0n) is 15.6. The fourth-order valence-electron chi connectivity index (χ4n) is 3.50. The van der Waals surface area contributed by atoms with Crippen molar-refractivity contribution >= 4 is 32.6 Å². The van der Waals surface area contributed by atoms with Crippen molar-refractivity contribution in [3.05, 3.63) is 52.9 Å². The summed E-state index contributed by atoms with van der Waals surface area (Å²) < 4.78 is 2.59. The summed E-state index contributed by atoms with van der Waals surface area (Å²) in [5.41, 5.74) is 0.895. The fraction of sp³-hybridized carbons (Fsp3) is 0.400. The second-order valence-corrected chi connectivity index (χ2v) is 7.99. The molecule has 1 aromatic carbocycles. The van der Waals surface area contributed by atoms with E-state index in [0.29, 0.717) is 26.1 Å². The lowest BCUT2D eigenvalue weighted by Crippen LogP contribution is -2.43. The van der Waals surface area contributed by atoms with Crippen LogP contribution in [0.3, 0.4) is 0 Å². The highest BCUT2D eigenvalue weighted by molar-refractivity contribution is 7.22. The van der Waals surface area contributed by atoms with Gasteiger partial charge in [0.2, 0.25) is 5.91 Å². The first kappa shape index (κ1) is 18.6. The summed E-state index contributed by atoms with van der Waals surface area (Å²) in [5, 5.41) is 8.03. The van der Waals surface area contributed by atoms with Crippen LogP contribution in [0.1, 0.15) is 19.3 Å². The third kappa shape index (κ3) is 4.22. The van der Waals surface area contributed by atoms with Crippen molar-refractivity contribution in [1.82, 2.24) is 20.1 Å². The van der Waals surface area contributed by atoms with Crippen molar-refractivity contribution in [1.29, 1.82) is 0 Å². The quantitative estimate of drug-likeness (QED) is 0.646. The van der Waals surface area contributed by atoms with E-state index < -0.39 is 0 Å². The number of aromatic nitrogens is 3. The summed E-state index contributed by atoms with van der Waals surface area (Å²) in [4.78, 5) is 31.2. The van der Waals surface area contributed by atoms with E-state index in [2.05, 4.69) is 21.4 Å². The van der Waals surface area contributed by atoms with Gasteiger partial charge in [-0.05, 0) is 37.5 Å². The van der Waals surface area contributed by atoms with Crippen LogP contribution in [-0.4, -0.2) is 40.3 Å². The Morgan fingerprint density at radius 3 is 3.00 bits per heavy atom. The van der Waals surface area contributed by atoms with Crippen molar-refractivity contribution in [2.24, 2.45) is 5.92 Å². The zero-order chi connectivity index (χ0) is 19.3. The minimum Gasteiger partial charge on any atom is -0.356 e. The van der Waals surface area contributed by atoms with Crippen LogP contribution in [0.25, 0.3) is 10.2 Å². The predicted octanol–water partition coefficient (Wildman–Crippen LogP) is 2.28. The lowest BCUT2D eigenvalue weighted by atomic mass is 9.97. The number of amides is 1. The fourth-order valence-corrected chi connectivity index (χ4v) is 4.50. The normalized spacial score (nSPS) is 17.0. The average Bonchev–Trinajstić information content (AvgIpc) is 3.17. The Balaban J connectivity index is 1.29. The Morgan fingerprint density at radius 2 is 2.14 bits per heavy atom. The number of hydrogen-bond donors (Lipinski definition) is 1. The van der Waals surface area contributed by atoms with Gasteiger partial charge >= 0.3 is 0 Å². The molecule has 4 rings (SSSR count). The van der Waals surface area contributed by atoms with E-state index in [1.54, 1.807) is 23.6 Å². The summed E-state index contributed by atoms with van der Waals surface area (Å²) >= 11 is 1.68. The summed E-state index contributed by atoms with van der Waals surface area (Å²) in [7, 11) is 0. The average molecular weight is 398 g/mol. The van der Waals surface area contributed by atoms with Gasteiger partial charge in [-0.3, -0.25) is 9.59 Å². The number of carbonyl (C=O) groups is 1. The summed E-state index contributed by atoms with van der Waals surface area (Å²) in [6, 6.07) is 11.2. The highest BCUT2D eigenvalue weighted by Gasteiger charge is 2.27. The third-order valence-corrected chi connectivity index (χ3v) is 6.07. The summed E-state index contributed by atoms with van der Waals surface area (Å²) in [6.45, 7) is 2.68. The number of thiazole rings is 1. The molecule has 1 saturated heterocycles. The van der Waals surface area contributed by atoms with Gasteiger partial charge in [-0.2, -0.15) is 5.10 Å². The van der Waals surface area contributed by atoms with Gasteiger partial charge in [0.05, 0.1) is 16.1 Å². The van der Waals surface area contributed by atoms with Crippen molar-refractivity contribution in [3.63, 3.8) is 0 Å². The Labute approximate surface area is 167 Å². The molecular formula is C20H23N5O2S. The van der Waals surface area contributed by atoms with Crippen LogP contribution in [0, 0.1) is 5.92 Å². The molecule has 2 aromatic heterocycles. The van der Waals surface area contributed by atoms with Crippen molar-refractivity contribution in [2.45, 2.75) is 25.8 Å². The van der Waals surface area contributed by atoms with Gasteiger partial charge in [-0.15, -0.1) is 0 Å². The molecule has 1 N–H and O–H groups in total. The summed E-state index contributed by atoms with van der Waals surface area (Å²) in [6.07, 6.45) is 4.15. The number of nitrogens with one attached hydrogen (secondary N) is 1. The zero-order valence-corrected chi connectivity index (χ0v) is 16.4. The van der Waals surface area contributed by atoms with Gasteiger partial charge in [0, 0.05) is 38.4 Å². The Bertz CT molecular complexity index is 982. The molecule has 0 bridgehead atoms. The highest BCUT2D eigenvalue weighted by Crippen LogP contribution is 2.31. The molecule has 8 heteroatoms. The lowest BCUT2D eigenvalue weighted by molar-refractivity contribution is -0.125. The van der Waals surface area contributed by atoms with E-state index in [1.165, 1.54) is 15.4 Å². The highest BCUT2D eigenvalue weighted by atomic mass is 32.1. The van der Waals surface area contributed by atoms with E-state index >= 15 is 0 Å². The molecule has 1 atom stereocenters. The minimum absolute atomic E-state index is 0.0293. The van der Waals surface area contributed by atoms with E-state index in [0.717, 1.165) is 30.0 Å². The molecule has 28 heavy (non-hydrogen) atoms. The molecule has 3 heterocycles. The standard InChI is InChI=1S/C20H23N5O2S/c26-18-9-3-11-22-25(18)13-5-10-21-19(27)15-6-4-12-24(14-15)20-23-16-7-1-2-8-17(16)28-20/h1-3,7-9,11,15H,4-6,10,12-14H2,(H,21,27). The van der Waals surface area contributed by atoms with Gasteiger partial charge in [-0.25, -0.2) is 9.67 Å². The number of para-hydroxylation sites is 1. The van der Waals surface area contributed by atoms with E-state index in [9.17, 15) is 9.59 Å². The van der Waals surface area contributed by atoms with E-state index in [4.69, 9.17) is 4.98 Å². The van der Waals surface area contributed by atoms with Gasteiger partial charge < -0.3 is 10.2 Å². The third-order valence-electron chi connectivity index (χ3n) is 4.98.